The van der Waals surface area contributed by atoms with E-state index in [2.05, 4.69) is 5.10 Å². The molecule has 1 aromatic carbocycles. The molecule has 2 N–H and O–H groups in total. The van der Waals surface area contributed by atoms with Crippen LogP contribution in [0.5, 0.6) is 0 Å². The number of rotatable bonds is 4. The van der Waals surface area contributed by atoms with Gasteiger partial charge in [0.05, 0.1) is 37.9 Å². The number of hydrogen-bond acceptors (Lipinski definition) is 3. The van der Waals surface area contributed by atoms with Gasteiger partial charge in [0, 0.05) is 12.7 Å². The minimum absolute atomic E-state index is 0.316. The fourth-order valence-corrected chi connectivity index (χ4v) is 3.60. The second kappa shape index (κ2) is 5.75. The minimum Gasteiger partial charge on any atom is -0.398 e. The molecule has 2 aromatic rings. The Labute approximate surface area is 120 Å². The first-order valence-corrected chi connectivity index (χ1v) is 7.67. The minimum atomic E-state index is -1.23. The molecule has 0 saturated heterocycles. The first-order valence-electron chi connectivity index (χ1n) is 5.97. The third-order valence-electron chi connectivity index (χ3n) is 2.94. The SMILES string of the molecule is CCc1nn(C)c(CS(=O)c2ccccc2N)c1Cl. The Bertz CT molecular complexity index is 624. The lowest BCUT2D eigenvalue weighted by atomic mass is 10.3. The fourth-order valence-electron chi connectivity index (χ4n) is 1.87. The highest BCUT2D eigenvalue weighted by atomic mass is 35.5. The van der Waals surface area contributed by atoms with E-state index in [-0.39, 0.29) is 0 Å². The van der Waals surface area contributed by atoms with Crippen LogP contribution in [0.4, 0.5) is 5.69 Å². The number of benzene rings is 1. The lowest BCUT2D eigenvalue weighted by Crippen LogP contribution is -2.05. The van der Waals surface area contributed by atoms with Crippen molar-refractivity contribution in [1.29, 1.82) is 0 Å². The summed E-state index contributed by atoms with van der Waals surface area (Å²) in [6, 6.07) is 7.17. The number of anilines is 1. The Morgan fingerprint density at radius 2 is 2.11 bits per heavy atom. The van der Waals surface area contributed by atoms with Gasteiger partial charge in [-0.2, -0.15) is 5.10 Å². The molecule has 102 valence electrons. The van der Waals surface area contributed by atoms with Gasteiger partial charge in [0.25, 0.3) is 0 Å². The molecule has 2 rings (SSSR count). The van der Waals surface area contributed by atoms with Gasteiger partial charge in [-0.3, -0.25) is 8.89 Å². The molecule has 0 bridgehead atoms. The molecule has 0 spiro atoms. The average Bonchev–Trinajstić information content (AvgIpc) is 2.66. The van der Waals surface area contributed by atoms with Crippen LogP contribution < -0.4 is 5.73 Å². The lowest BCUT2D eigenvalue weighted by Gasteiger charge is -2.06. The van der Waals surface area contributed by atoms with Crippen LogP contribution in [0.1, 0.15) is 18.3 Å². The predicted molar refractivity (Wildman–Crippen MR) is 78.6 cm³/mol. The van der Waals surface area contributed by atoms with Crippen LogP contribution in [-0.2, 0) is 30.0 Å². The number of nitrogens with zero attached hydrogens (tertiary/aromatic N) is 2. The highest BCUT2D eigenvalue weighted by molar-refractivity contribution is 7.84. The molecule has 1 atom stereocenters. The molecular weight excluding hydrogens is 282 g/mol. The Morgan fingerprint density at radius 1 is 1.42 bits per heavy atom. The monoisotopic (exact) mass is 297 g/mol. The van der Waals surface area contributed by atoms with Crippen molar-refractivity contribution in [2.24, 2.45) is 7.05 Å². The van der Waals surface area contributed by atoms with Crippen LogP contribution in [0, 0.1) is 0 Å². The summed E-state index contributed by atoms with van der Waals surface area (Å²) < 4.78 is 14.1. The Kier molecular flexibility index (Phi) is 4.27. The molecule has 1 aromatic heterocycles. The van der Waals surface area contributed by atoms with Crippen molar-refractivity contribution in [1.82, 2.24) is 9.78 Å². The zero-order valence-corrected chi connectivity index (χ0v) is 12.5. The molecule has 0 radical (unpaired) electrons. The Morgan fingerprint density at radius 3 is 2.68 bits per heavy atom. The summed E-state index contributed by atoms with van der Waals surface area (Å²) >= 11 is 6.25. The highest BCUT2D eigenvalue weighted by Gasteiger charge is 2.17. The molecule has 0 amide bonds. The Hall–Kier alpha value is -1.33. The molecule has 0 aliphatic carbocycles. The van der Waals surface area contributed by atoms with Gasteiger partial charge in [-0.15, -0.1) is 0 Å². The van der Waals surface area contributed by atoms with Crippen molar-refractivity contribution in [3.05, 3.63) is 40.7 Å². The van der Waals surface area contributed by atoms with Gasteiger partial charge in [0.1, 0.15) is 0 Å². The summed E-state index contributed by atoms with van der Waals surface area (Å²) in [5, 5.41) is 4.92. The summed E-state index contributed by atoms with van der Waals surface area (Å²) in [7, 11) is 0.586. The van der Waals surface area contributed by atoms with Crippen molar-refractivity contribution in [3.63, 3.8) is 0 Å². The summed E-state index contributed by atoms with van der Waals surface area (Å²) in [6.07, 6.45) is 0.757. The zero-order chi connectivity index (χ0) is 14.0. The van der Waals surface area contributed by atoms with Crippen LogP contribution >= 0.6 is 11.6 Å². The second-order valence-corrected chi connectivity index (χ2v) is 6.01. The lowest BCUT2D eigenvalue weighted by molar-refractivity contribution is 0.675. The van der Waals surface area contributed by atoms with Crippen LogP contribution in [0.25, 0.3) is 0 Å². The van der Waals surface area contributed by atoms with Crippen molar-refractivity contribution in [3.8, 4) is 0 Å². The number of aromatic nitrogens is 2. The second-order valence-electron chi connectivity index (χ2n) is 4.21. The van der Waals surface area contributed by atoms with E-state index in [4.69, 9.17) is 17.3 Å². The van der Waals surface area contributed by atoms with Gasteiger partial charge < -0.3 is 5.73 Å². The average molecular weight is 298 g/mol. The van der Waals surface area contributed by atoms with E-state index < -0.39 is 10.8 Å². The van der Waals surface area contributed by atoms with Crippen molar-refractivity contribution < 1.29 is 4.21 Å². The fraction of sp³-hybridized carbons (Fsp3) is 0.308. The van der Waals surface area contributed by atoms with Crippen molar-refractivity contribution in [2.45, 2.75) is 24.0 Å². The number of halogens is 1. The number of nitrogens with two attached hydrogens (primary N) is 1. The molecule has 4 nitrogen and oxygen atoms in total. The zero-order valence-electron chi connectivity index (χ0n) is 10.9. The highest BCUT2D eigenvalue weighted by Crippen LogP contribution is 2.25. The van der Waals surface area contributed by atoms with Gasteiger partial charge in [0.15, 0.2) is 0 Å². The van der Waals surface area contributed by atoms with E-state index in [1.165, 1.54) is 0 Å². The summed E-state index contributed by atoms with van der Waals surface area (Å²) in [5.74, 6) is 0.316. The summed E-state index contributed by atoms with van der Waals surface area (Å²) in [6.45, 7) is 1.99. The topological polar surface area (TPSA) is 60.9 Å². The molecular formula is C13H16ClN3OS. The van der Waals surface area contributed by atoms with E-state index in [1.807, 2.05) is 26.1 Å². The molecule has 0 aliphatic heterocycles. The van der Waals surface area contributed by atoms with Crippen molar-refractivity contribution in [2.75, 3.05) is 5.73 Å². The summed E-state index contributed by atoms with van der Waals surface area (Å²) in [5.41, 5.74) is 7.98. The molecule has 6 heteroatoms. The first-order chi connectivity index (χ1) is 9.04. The molecule has 0 fully saturated rings. The molecule has 0 aliphatic rings. The van der Waals surface area contributed by atoms with Gasteiger partial charge in [-0.25, -0.2) is 0 Å². The maximum atomic E-state index is 12.4. The molecule has 0 saturated carbocycles. The maximum Gasteiger partial charge on any atom is 0.0859 e. The normalized spacial score (nSPS) is 12.6. The van der Waals surface area contributed by atoms with Gasteiger partial charge in [-0.1, -0.05) is 30.7 Å². The van der Waals surface area contributed by atoms with E-state index in [0.29, 0.717) is 21.4 Å². The van der Waals surface area contributed by atoms with Crippen LogP contribution in [0.3, 0.4) is 0 Å². The molecule has 1 unspecified atom stereocenters. The smallest absolute Gasteiger partial charge is 0.0859 e. The molecule has 19 heavy (non-hydrogen) atoms. The standard InChI is InChI=1S/C13H16ClN3OS/c1-3-10-13(14)11(17(2)16-10)8-19(18)12-7-5-4-6-9(12)15/h4-7H,3,8,15H2,1-2H3. The van der Waals surface area contributed by atoms with E-state index in [1.54, 1.807) is 16.8 Å². The van der Waals surface area contributed by atoms with Crippen LogP contribution in [-0.4, -0.2) is 14.0 Å². The number of aryl methyl sites for hydroxylation is 2. The number of nitrogen functional groups attached to an aromatic ring is 1. The van der Waals surface area contributed by atoms with E-state index >= 15 is 0 Å². The largest absolute Gasteiger partial charge is 0.398 e. The maximum absolute atomic E-state index is 12.4. The Balaban J connectivity index is 2.30. The van der Waals surface area contributed by atoms with Gasteiger partial charge in [0.2, 0.25) is 0 Å². The predicted octanol–water partition coefficient (Wildman–Crippen LogP) is 2.53. The quantitative estimate of drug-likeness (QED) is 0.882. The number of para-hydroxylation sites is 1. The van der Waals surface area contributed by atoms with Crippen molar-refractivity contribution >= 4 is 28.1 Å². The van der Waals surface area contributed by atoms with Gasteiger partial charge in [-0.05, 0) is 18.6 Å². The third kappa shape index (κ3) is 2.82. The molecule has 1 heterocycles. The van der Waals surface area contributed by atoms with Crippen LogP contribution in [0.2, 0.25) is 5.02 Å². The summed E-state index contributed by atoms with van der Waals surface area (Å²) in [4.78, 5) is 0.637. The van der Waals surface area contributed by atoms with E-state index in [0.717, 1.165) is 17.8 Å². The van der Waals surface area contributed by atoms with Crippen LogP contribution in [0.15, 0.2) is 29.2 Å². The number of hydrogen-bond donors (Lipinski definition) is 1. The van der Waals surface area contributed by atoms with E-state index in [9.17, 15) is 4.21 Å². The first kappa shape index (κ1) is 14.1. The third-order valence-corrected chi connectivity index (χ3v) is 4.77. The van der Waals surface area contributed by atoms with Gasteiger partial charge >= 0.3 is 0 Å².